The molecule has 0 saturated carbocycles. The van der Waals surface area contributed by atoms with Crippen LogP contribution in [0.25, 0.3) is 0 Å². The first-order chi connectivity index (χ1) is 7.72. The summed E-state index contributed by atoms with van der Waals surface area (Å²) in [6.07, 6.45) is 3.24. The molecule has 0 radical (unpaired) electrons. The molecule has 0 atom stereocenters. The van der Waals surface area contributed by atoms with Crippen molar-refractivity contribution in [2.75, 3.05) is 6.54 Å². The van der Waals surface area contributed by atoms with E-state index < -0.39 is 0 Å². The van der Waals surface area contributed by atoms with Crippen LogP contribution in [-0.4, -0.2) is 27.5 Å². The van der Waals surface area contributed by atoms with E-state index in [1.54, 1.807) is 0 Å². The molecule has 1 aromatic rings. The summed E-state index contributed by atoms with van der Waals surface area (Å²) in [5.74, 6) is 0.189. The highest BCUT2D eigenvalue weighted by Crippen LogP contribution is 2.14. The zero-order valence-electron chi connectivity index (χ0n) is 9.51. The van der Waals surface area contributed by atoms with E-state index in [1.165, 1.54) is 0 Å². The van der Waals surface area contributed by atoms with E-state index in [-0.39, 0.29) is 11.5 Å². The summed E-state index contributed by atoms with van der Waals surface area (Å²) in [6, 6.07) is 0. The van der Waals surface area contributed by atoms with Crippen LogP contribution >= 0.6 is 0 Å². The maximum absolute atomic E-state index is 11.8. The van der Waals surface area contributed by atoms with Crippen LogP contribution < -0.4 is 5.56 Å². The number of aromatic amines is 2. The molecule has 1 amide bonds. The quantitative estimate of drug-likeness (QED) is 0.795. The first kappa shape index (κ1) is 11.0. The fourth-order valence-electron chi connectivity index (χ4n) is 2.04. The van der Waals surface area contributed by atoms with Crippen LogP contribution in [0.2, 0.25) is 0 Å². The second-order valence-electron chi connectivity index (χ2n) is 4.21. The number of H-pyrrole nitrogens is 2. The van der Waals surface area contributed by atoms with Gasteiger partial charge in [0.05, 0.1) is 12.2 Å². The van der Waals surface area contributed by atoms with Crippen LogP contribution in [0.1, 0.15) is 37.4 Å². The Labute approximate surface area is 93.8 Å². The lowest BCUT2D eigenvalue weighted by Gasteiger charge is -2.26. The highest BCUT2D eigenvalue weighted by molar-refractivity contribution is 5.76. The van der Waals surface area contributed by atoms with Crippen molar-refractivity contribution in [3.8, 4) is 0 Å². The van der Waals surface area contributed by atoms with Gasteiger partial charge in [0.1, 0.15) is 0 Å². The highest BCUT2D eigenvalue weighted by Gasteiger charge is 2.23. The van der Waals surface area contributed by atoms with E-state index >= 15 is 0 Å². The van der Waals surface area contributed by atoms with Crippen molar-refractivity contribution in [3.63, 3.8) is 0 Å². The molecular formula is C11H17N3O2. The molecule has 0 fully saturated rings. The number of unbranched alkanes of at least 4 members (excludes halogenated alkanes) is 1. The van der Waals surface area contributed by atoms with Crippen molar-refractivity contribution in [3.05, 3.63) is 21.6 Å². The molecule has 5 heteroatoms. The van der Waals surface area contributed by atoms with Crippen molar-refractivity contribution < 1.29 is 4.79 Å². The summed E-state index contributed by atoms with van der Waals surface area (Å²) in [6.45, 7) is 3.28. The molecule has 16 heavy (non-hydrogen) atoms. The summed E-state index contributed by atoms with van der Waals surface area (Å²) in [5.41, 5.74) is 1.62. The Morgan fingerprint density at radius 1 is 1.44 bits per heavy atom. The molecule has 0 unspecified atom stereocenters. The van der Waals surface area contributed by atoms with Gasteiger partial charge in [0.25, 0.3) is 5.56 Å². The molecule has 2 rings (SSSR count). The number of nitrogens with zero attached hydrogens (tertiary/aromatic N) is 1. The average molecular weight is 223 g/mol. The zero-order valence-corrected chi connectivity index (χ0v) is 9.51. The number of rotatable bonds is 3. The van der Waals surface area contributed by atoms with E-state index in [4.69, 9.17) is 0 Å². The topological polar surface area (TPSA) is 69.0 Å². The molecule has 88 valence electrons. The monoisotopic (exact) mass is 223 g/mol. The lowest BCUT2D eigenvalue weighted by atomic mass is 10.1. The Hall–Kier alpha value is -1.52. The van der Waals surface area contributed by atoms with Gasteiger partial charge in [0.2, 0.25) is 5.91 Å². The molecular weight excluding hydrogens is 206 g/mol. The molecule has 5 nitrogen and oxygen atoms in total. The van der Waals surface area contributed by atoms with Crippen molar-refractivity contribution in [1.82, 2.24) is 15.1 Å². The first-order valence-corrected chi connectivity index (χ1v) is 5.78. The van der Waals surface area contributed by atoms with Gasteiger partial charge in [0, 0.05) is 18.5 Å². The van der Waals surface area contributed by atoms with E-state index in [0.717, 1.165) is 24.1 Å². The van der Waals surface area contributed by atoms with Crippen molar-refractivity contribution in [2.24, 2.45) is 0 Å². The number of hydrogen-bond acceptors (Lipinski definition) is 2. The molecule has 0 saturated heterocycles. The Kier molecular flexibility index (Phi) is 3.12. The van der Waals surface area contributed by atoms with Crippen LogP contribution in [0, 0.1) is 0 Å². The Morgan fingerprint density at radius 2 is 2.25 bits per heavy atom. The van der Waals surface area contributed by atoms with Crippen LogP contribution in [-0.2, 0) is 17.8 Å². The molecule has 2 heterocycles. The van der Waals surface area contributed by atoms with Crippen molar-refractivity contribution >= 4 is 5.91 Å². The third-order valence-electron chi connectivity index (χ3n) is 3.04. The normalized spacial score (nSPS) is 14.9. The minimum Gasteiger partial charge on any atom is -0.336 e. The second kappa shape index (κ2) is 4.55. The largest absolute Gasteiger partial charge is 0.336 e. The second-order valence-corrected chi connectivity index (χ2v) is 4.21. The number of carbonyl (C=O) groups is 1. The maximum atomic E-state index is 11.8. The molecule has 2 N–H and O–H groups in total. The maximum Gasteiger partial charge on any atom is 0.267 e. The standard InChI is InChI=1S/C11H17N3O2/c1-2-3-4-10(15)14-6-5-8-9(7-14)12-13-11(8)16/h2-7H2,1H3,(H2,12,13,16). The molecule has 1 aromatic heterocycles. The average Bonchev–Trinajstić information content (AvgIpc) is 2.67. The number of hydrogen-bond donors (Lipinski definition) is 2. The number of amides is 1. The van der Waals surface area contributed by atoms with Crippen LogP contribution in [0.5, 0.6) is 0 Å². The van der Waals surface area contributed by atoms with Crippen LogP contribution in [0.15, 0.2) is 4.79 Å². The lowest BCUT2D eigenvalue weighted by Crippen LogP contribution is -2.36. The summed E-state index contributed by atoms with van der Waals surface area (Å²) in [4.78, 5) is 24.9. The van der Waals surface area contributed by atoms with Gasteiger partial charge in [-0.15, -0.1) is 0 Å². The smallest absolute Gasteiger partial charge is 0.267 e. The lowest BCUT2D eigenvalue weighted by molar-refractivity contribution is -0.132. The van der Waals surface area contributed by atoms with Crippen molar-refractivity contribution in [2.45, 2.75) is 39.2 Å². The van der Waals surface area contributed by atoms with Gasteiger partial charge in [-0.05, 0) is 12.8 Å². The zero-order chi connectivity index (χ0) is 11.5. The summed E-state index contributed by atoms with van der Waals surface area (Å²) in [5, 5.41) is 5.40. The minimum atomic E-state index is -0.0457. The van der Waals surface area contributed by atoms with E-state index in [1.807, 2.05) is 4.90 Å². The molecule has 0 spiro atoms. The van der Waals surface area contributed by atoms with E-state index in [2.05, 4.69) is 17.1 Å². The van der Waals surface area contributed by atoms with Crippen LogP contribution in [0.4, 0.5) is 0 Å². The molecule has 0 bridgehead atoms. The Balaban J connectivity index is 2.02. The van der Waals surface area contributed by atoms with Gasteiger partial charge in [0.15, 0.2) is 0 Å². The molecule has 0 aliphatic carbocycles. The molecule has 1 aliphatic rings. The fraction of sp³-hybridized carbons (Fsp3) is 0.636. The van der Waals surface area contributed by atoms with Crippen molar-refractivity contribution in [1.29, 1.82) is 0 Å². The summed E-state index contributed by atoms with van der Waals surface area (Å²) < 4.78 is 0. The summed E-state index contributed by atoms with van der Waals surface area (Å²) >= 11 is 0. The number of carbonyl (C=O) groups excluding carboxylic acids is 1. The molecule has 0 aromatic carbocycles. The fourth-order valence-corrected chi connectivity index (χ4v) is 2.04. The third-order valence-corrected chi connectivity index (χ3v) is 3.04. The number of aromatic nitrogens is 2. The predicted octanol–water partition coefficient (Wildman–Crippen LogP) is 0.778. The number of nitrogens with one attached hydrogen (secondary N) is 2. The Morgan fingerprint density at radius 3 is 3.00 bits per heavy atom. The SMILES string of the molecule is CCCCC(=O)N1CCc2c([nH][nH]c2=O)C1. The van der Waals surface area contributed by atoms with E-state index in [0.29, 0.717) is 25.9 Å². The predicted molar refractivity (Wildman–Crippen MR) is 60.1 cm³/mol. The molecule has 1 aliphatic heterocycles. The highest BCUT2D eigenvalue weighted by atomic mass is 16.2. The van der Waals surface area contributed by atoms with E-state index in [9.17, 15) is 9.59 Å². The Bertz CT molecular complexity index is 433. The first-order valence-electron chi connectivity index (χ1n) is 5.78. The minimum absolute atomic E-state index is 0.0457. The van der Waals surface area contributed by atoms with Crippen LogP contribution in [0.3, 0.4) is 0 Å². The van der Waals surface area contributed by atoms with Gasteiger partial charge >= 0.3 is 0 Å². The van der Waals surface area contributed by atoms with Gasteiger partial charge in [-0.25, -0.2) is 0 Å². The summed E-state index contributed by atoms with van der Waals surface area (Å²) in [7, 11) is 0. The van der Waals surface area contributed by atoms with Gasteiger partial charge in [-0.2, -0.15) is 0 Å². The van der Waals surface area contributed by atoms with Gasteiger partial charge in [-0.1, -0.05) is 13.3 Å². The van der Waals surface area contributed by atoms with Gasteiger partial charge in [-0.3, -0.25) is 14.7 Å². The third kappa shape index (κ3) is 2.03. The number of fused-ring (bicyclic) bond motifs is 1. The van der Waals surface area contributed by atoms with Gasteiger partial charge < -0.3 is 10.00 Å².